The number of aryl methyl sites for hydroxylation is 1. The maximum Gasteiger partial charge on any atom is 0.246 e. The molecule has 2 saturated heterocycles. The molecule has 35 heavy (non-hydrogen) atoms. The van der Waals surface area contributed by atoms with Gasteiger partial charge in [-0.3, -0.25) is 4.79 Å². The second kappa shape index (κ2) is 10.2. The number of nitrogens with zero attached hydrogens (tertiary/aromatic N) is 2. The summed E-state index contributed by atoms with van der Waals surface area (Å²) in [5.74, 6) is -1.77. The minimum Gasteiger partial charge on any atom is -0.392 e. The van der Waals surface area contributed by atoms with Crippen LogP contribution in [0.3, 0.4) is 0 Å². The number of carbonyl (C=O) groups is 1. The van der Waals surface area contributed by atoms with E-state index < -0.39 is 11.6 Å². The van der Waals surface area contributed by atoms with Crippen LogP contribution in [0, 0.1) is 17.6 Å². The minimum atomic E-state index is -0.925. The fourth-order valence-electron chi connectivity index (χ4n) is 6.25. The minimum absolute atomic E-state index is 0.138. The molecule has 0 radical (unpaired) electrons. The van der Waals surface area contributed by atoms with Gasteiger partial charge in [-0.1, -0.05) is 30.3 Å². The van der Waals surface area contributed by atoms with Gasteiger partial charge < -0.3 is 14.9 Å². The number of carbonyl (C=O) groups excluding carboxylic acids is 1. The highest BCUT2D eigenvalue weighted by atomic mass is 19.2. The van der Waals surface area contributed by atoms with E-state index in [-0.39, 0.29) is 17.9 Å². The quantitative estimate of drug-likeness (QED) is 0.639. The number of benzene rings is 2. The smallest absolute Gasteiger partial charge is 0.246 e. The molecule has 186 valence electrons. The van der Waals surface area contributed by atoms with Gasteiger partial charge in [-0.15, -0.1) is 0 Å². The zero-order chi connectivity index (χ0) is 24.4. The highest BCUT2D eigenvalue weighted by molar-refractivity contribution is 5.91. The van der Waals surface area contributed by atoms with Crippen LogP contribution in [-0.2, 0) is 16.6 Å². The third kappa shape index (κ3) is 5.19. The summed E-state index contributed by atoms with van der Waals surface area (Å²) in [6, 6.07) is 12.5. The van der Waals surface area contributed by atoms with Crippen LogP contribution >= 0.6 is 0 Å². The lowest BCUT2D eigenvalue weighted by molar-refractivity contribution is -0.128. The van der Waals surface area contributed by atoms with Crippen molar-refractivity contribution < 1.29 is 18.7 Å². The van der Waals surface area contributed by atoms with Crippen molar-refractivity contribution in [3.05, 3.63) is 76.9 Å². The lowest BCUT2D eigenvalue weighted by atomic mass is 9.73. The highest BCUT2D eigenvalue weighted by Gasteiger charge is 2.41. The van der Waals surface area contributed by atoms with E-state index in [1.54, 1.807) is 10.5 Å². The van der Waals surface area contributed by atoms with Crippen LogP contribution in [0.5, 0.6) is 0 Å². The van der Waals surface area contributed by atoms with Gasteiger partial charge in [-0.25, -0.2) is 8.78 Å². The van der Waals surface area contributed by atoms with E-state index in [1.807, 2.05) is 0 Å². The van der Waals surface area contributed by atoms with Crippen molar-refractivity contribution in [2.75, 3.05) is 32.7 Å². The van der Waals surface area contributed by atoms with Crippen molar-refractivity contribution in [2.24, 2.45) is 5.92 Å². The number of hydrogen-bond donors (Lipinski definition) is 1. The monoisotopic (exact) mass is 480 g/mol. The number of β-amino-alcohol motifs (C(OH)–C–C–N with tert-alkyl or cyclic N) is 1. The van der Waals surface area contributed by atoms with Crippen LogP contribution in [0.1, 0.15) is 48.8 Å². The molecule has 3 aliphatic rings. The maximum atomic E-state index is 13.3. The van der Waals surface area contributed by atoms with Crippen LogP contribution in [0.4, 0.5) is 8.78 Å². The van der Waals surface area contributed by atoms with E-state index in [0.717, 1.165) is 50.9 Å². The molecule has 1 aliphatic carbocycles. The van der Waals surface area contributed by atoms with Gasteiger partial charge in [0.05, 0.1) is 6.10 Å². The molecule has 0 saturated carbocycles. The van der Waals surface area contributed by atoms with Gasteiger partial charge in [-0.2, -0.15) is 0 Å². The Morgan fingerprint density at radius 2 is 1.77 bits per heavy atom. The maximum absolute atomic E-state index is 13.3. The van der Waals surface area contributed by atoms with E-state index in [1.165, 1.54) is 36.6 Å². The summed E-state index contributed by atoms with van der Waals surface area (Å²) < 4.78 is 26.4. The van der Waals surface area contributed by atoms with E-state index >= 15 is 0 Å². The molecule has 2 heterocycles. The highest BCUT2D eigenvalue weighted by Crippen LogP contribution is 2.46. The summed E-state index contributed by atoms with van der Waals surface area (Å²) in [6.07, 6.45) is 8.85. The Morgan fingerprint density at radius 3 is 2.51 bits per heavy atom. The zero-order valence-corrected chi connectivity index (χ0v) is 20.1. The molecule has 2 aromatic carbocycles. The molecule has 0 aromatic heterocycles. The lowest BCUT2D eigenvalue weighted by Crippen LogP contribution is -2.47. The predicted octanol–water partition coefficient (Wildman–Crippen LogP) is 4.56. The van der Waals surface area contributed by atoms with Crippen molar-refractivity contribution in [1.29, 1.82) is 0 Å². The third-order valence-electron chi connectivity index (χ3n) is 8.48. The first kappa shape index (κ1) is 24.1. The first-order valence-corrected chi connectivity index (χ1v) is 12.8. The average Bonchev–Trinajstić information content (AvgIpc) is 3.24. The van der Waals surface area contributed by atoms with Crippen LogP contribution in [0.15, 0.2) is 48.5 Å². The summed E-state index contributed by atoms with van der Waals surface area (Å²) in [5.41, 5.74) is 3.85. The molecule has 1 spiro atoms. The summed E-state index contributed by atoms with van der Waals surface area (Å²) in [4.78, 5) is 16.7. The Hall–Kier alpha value is -2.57. The fraction of sp³-hybridized carbons (Fsp3) is 0.483. The standard InChI is InChI=1S/C29H34F2N2O2/c30-25-7-5-21(19-26(25)31)6-8-28(35)33-15-10-23(11-16-33)27(34)20-32-17-13-29(14-18-32)12-9-22-3-1-2-4-24(22)29/h1-8,19,23,27,34H,9-18,20H2. The average molecular weight is 481 g/mol. The molecule has 2 aliphatic heterocycles. The summed E-state index contributed by atoms with van der Waals surface area (Å²) in [6.45, 7) is 3.95. The number of fused-ring (bicyclic) bond motifs is 2. The SMILES string of the molecule is O=C(C=Cc1ccc(F)c(F)c1)N1CCC(C(O)CN2CCC3(CCc4ccccc43)CC2)CC1. The second-order valence-corrected chi connectivity index (χ2v) is 10.5. The van der Waals surface area contributed by atoms with Crippen molar-refractivity contribution in [3.8, 4) is 0 Å². The molecule has 5 rings (SSSR count). The number of aliphatic hydroxyl groups is 1. The number of halogens is 2. The van der Waals surface area contributed by atoms with Gasteiger partial charge in [0.1, 0.15) is 0 Å². The van der Waals surface area contributed by atoms with Gasteiger partial charge in [0.25, 0.3) is 0 Å². The predicted molar refractivity (Wildman–Crippen MR) is 133 cm³/mol. The number of piperidine rings is 2. The van der Waals surface area contributed by atoms with Crippen molar-refractivity contribution in [3.63, 3.8) is 0 Å². The van der Waals surface area contributed by atoms with E-state index in [4.69, 9.17) is 0 Å². The first-order valence-electron chi connectivity index (χ1n) is 12.8. The molecular weight excluding hydrogens is 446 g/mol. The van der Waals surface area contributed by atoms with Gasteiger partial charge in [0.2, 0.25) is 5.91 Å². The fourth-order valence-corrected chi connectivity index (χ4v) is 6.25. The lowest BCUT2D eigenvalue weighted by Gasteiger charge is -2.42. The molecule has 6 heteroatoms. The molecule has 1 atom stereocenters. The summed E-state index contributed by atoms with van der Waals surface area (Å²) in [5, 5.41) is 10.9. The third-order valence-corrected chi connectivity index (χ3v) is 8.48. The molecule has 1 unspecified atom stereocenters. The molecule has 4 nitrogen and oxygen atoms in total. The Morgan fingerprint density at radius 1 is 1.03 bits per heavy atom. The topological polar surface area (TPSA) is 43.8 Å². The molecule has 1 amide bonds. The van der Waals surface area contributed by atoms with Crippen LogP contribution in [0.25, 0.3) is 6.08 Å². The van der Waals surface area contributed by atoms with Crippen LogP contribution in [0.2, 0.25) is 0 Å². The molecule has 0 bridgehead atoms. The van der Waals surface area contributed by atoms with Crippen molar-refractivity contribution in [2.45, 2.75) is 50.0 Å². The first-order chi connectivity index (χ1) is 16.9. The van der Waals surface area contributed by atoms with E-state index in [0.29, 0.717) is 30.6 Å². The van der Waals surface area contributed by atoms with Crippen molar-refractivity contribution >= 4 is 12.0 Å². The Bertz CT molecular complexity index is 1090. The van der Waals surface area contributed by atoms with Gasteiger partial charge in [0, 0.05) is 25.7 Å². The number of amides is 1. The van der Waals surface area contributed by atoms with Crippen LogP contribution < -0.4 is 0 Å². The normalized spacial score (nSPS) is 21.5. The summed E-state index contributed by atoms with van der Waals surface area (Å²) in [7, 11) is 0. The van der Waals surface area contributed by atoms with Gasteiger partial charge in [0.15, 0.2) is 11.6 Å². The summed E-state index contributed by atoms with van der Waals surface area (Å²) >= 11 is 0. The Balaban J connectivity index is 1.07. The molecule has 2 fully saturated rings. The van der Waals surface area contributed by atoms with Crippen LogP contribution in [-0.4, -0.2) is 59.6 Å². The zero-order valence-electron chi connectivity index (χ0n) is 20.1. The molecule has 2 aromatic rings. The number of likely N-dealkylation sites (tertiary alicyclic amines) is 2. The Labute approximate surface area is 206 Å². The molecular formula is C29H34F2N2O2. The van der Waals surface area contributed by atoms with Crippen molar-refractivity contribution in [1.82, 2.24) is 9.80 Å². The van der Waals surface area contributed by atoms with E-state index in [9.17, 15) is 18.7 Å². The van der Waals surface area contributed by atoms with E-state index in [2.05, 4.69) is 29.2 Å². The van der Waals surface area contributed by atoms with Gasteiger partial charge in [-0.05, 0) is 97.8 Å². The number of aliphatic hydroxyl groups excluding tert-OH is 1. The number of hydrogen-bond acceptors (Lipinski definition) is 3. The Kier molecular flexibility index (Phi) is 7.03. The second-order valence-electron chi connectivity index (χ2n) is 10.5. The largest absolute Gasteiger partial charge is 0.392 e. The van der Waals surface area contributed by atoms with Gasteiger partial charge >= 0.3 is 0 Å². The number of rotatable bonds is 5. The molecule has 1 N–H and O–H groups in total.